The Kier molecular flexibility index (Phi) is 7.46. The standard InChI is InChI=1S/C26H30N4O2/c1-21-7-10-23(28-20-21)6-4-14-29-15-17-30(18-16-29)26(31)32-25-11-8-22(9-12-25)19-24-5-2-3-13-27-24/h2-3,5,7-13,20H,4,6,14-19H2,1H3. The van der Waals surface area contributed by atoms with Crippen LogP contribution in [-0.2, 0) is 12.8 Å². The van der Waals surface area contributed by atoms with Crippen molar-refractivity contribution in [1.82, 2.24) is 19.8 Å². The normalized spacial score (nSPS) is 14.3. The Labute approximate surface area is 189 Å². The van der Waals surface area contributed by atoms with E-state index in [9.17, 15) is 4.79 Å². The molecule has 3 heterocycles. The van der Waals surface area contributed by atoms with Gasteiger partial charge in [-0.25, -0.2) is 4.79 Å². The monoisotopic (exact) mass is 430 g/mol. The van der Waals surface area contributed by atoms with Gasteiger partial charge in [-0.1, -0.05) is 24.3 Å². The molecule has 32 heavy (non-hydrogen) atoms. The number of pyridine rings is 2. The summed E-state index contributed by atoms with van der Waals surface area (Å²) in [7, 11) is 0. The first-order valence-electron chi connectivity index (χ1n) is 11.3. The summed E-state index contributed by atoms with van der Waals surface area (Å²) in [6.45, 7) is 6.22. The largest absolute Gasteiger partial charge is 0.415 e. The van der Waals surface area contributed by atoms with E-state index >= 15 is 0 Å². The maximum atomic E-state index is 12.5. The molecule has 4 rings (SSSR count). The van der Waals surface area contributed by atoms with Crippen molar-refractivity contribution in [2.24, 2.45) is 0 Å². The van der Waals surface area contributed by atoms with Gasteiger partial charge in [-0.15, -0.1) is 0 Å². The molecule has 0 unspecified atom stereocenters. The van der Waals surface area contributed by atoms with Gasteiger partial charge in [0.25, 0.3) is 0 Å². The first-order chi connectivity index (χ1) is 15.7. The fourth-order valence-electron chi connectivity index (χ4n) is 3.84. The molecule has 0 aliphatic carbocycles. The maximum absolute atomic E-state index is 12.5. The van der Waals surface area contributed by atoms with E-state index in [1.54, 1.807) is 11.1 Å². The van der Waals surface area contributed by atoms with Gasteiger partial charge in [0.05, 0.1) is 0 Å². The molecule has 166 valence electrons. The molecule has 1 amide bonds. The van der Waals surface area contributed by atoms with Crippen LogP contribution in [0.5, 0.6) is 5.75 Å². The van der Waals surface area contributed by atoms with Gasteiger partial charge in [-0.2, -0.15) is 0 Å². The van der Waals surface area contributed by atoms with Crippen LogP contribution >= 0.6 is 0 Å². The lowest BCUT2D eigenvalue weighted by atomic mass is 10.1. The molecule has 0 radical (unpaired) electrons. The Morgan fingerprint density at radius 3 is 2.44 bits per heavy atom. The Hall–Kier alpha value is -3.25. The second kappa shape index (κ2) is 10.9. The predicted octanol–water partition coefficient (Wildman–Crippen LogP) is 4.13. The molecule has 6 nitrogen and oxygen atoms in total. The van der Waals surface area contributed by atoms with Crippen LogP contribution in [0.2, 0.25) is 0 Å². The molecule has 1 aliphatic rings. The predicted molar refractivity (Wildman–Crippen MR) is 125 cm³/mol. The van der Waals surface area contributed by atoms with Crippen molar-refractivity contribution < 1.29 is 9.53 Å². The Morgan fingerprint density at radius 1 is 0.938 bits per heavy atom. The molecule has 6 heteroatoms. The number of nitrogens with zero attached hydrogens (tertiary/aromatic N) is 4. The zero-order chi connectivity index (χ0) is 22.2. The van der Waals surface area contributed by atoms with Crippen LogP contribution in [-0.4, -0.2) is 58.6 Å². The van der Waals surface area contributed by atoms with Gasteiger partial charge in [0.15, 0.2) is 0 Å². The minimum Gasteiger partial charge on any atom is -0.410 e. The molecule has 3 aromatic rings. The van der Waals surface area contributed by atoms with Gasteiger partial charge in [0.2, 0.25) is 0 Å². The van der Waals surface area contributed by atoms with Gasteiger partial charge in [0.1, 0.15) is 5.75 Å². The van der Waals surface area contributed by atoms with Crippen LogP contribution in [0.1, 0.15) is 28.9 Å². The minimum atomic E-state index is -0.272. The van der Waals surface area contributed by atoms with Crippen LogP contribution in [0.25, 0.3) is 0 Å². The smallest absolute Gasteiger partial charge is 0.410 e. The van der Waals surface area contributed by atoms with E-state index in [-0.39, 0.29) is 6.09 Å². The number of benzene rings is 1. The second-order valence-electron chi connectivity index (χ2n) is 8.27. The number of piperazine rings is 1. The Balaban J connectivity index is 1.17. The summed E-state index contributed by atoms with van der Waals surface area (Å²) < 4.78 is 5.59. The minimum absolute atomic E-state index is 0.272. The first kappa shape index (κ1) is 22.0. The average Bonchev–Trinajstić information content (AvgIpc) is 2.83. The highest BCUT2D eigenvalue weighted by molar-refractivity contribution is 5.70. The quantitative estimate of drug-likeness (QED) is 0.564. The molecular weight excluding hydrogens is 400 g/mol. The van der Waals surface area contributed by atoms with E-state index in [4.69, 9.17) is 4.74 Å². The Bertz CT molecular complexity index is 983. The average molecular weight is 431 g/mol. The number of rotatable bonds is 7. The molecule has 1 fully saturated rings. The summed E-state index contributed by atoms with van der Waals surface area (Å²) in [5, 5.41) is 0. The van der Waals surface area contributed by atoms with Crippen LogP contribution < -0.4 is 4.74 Å². The van der Waals surface area contributed by atoms with Gasteiger partial charge in [-0.05, 0) is 67.8 Å². The van der Waals surface area contributed by atoms with Gasteiger partial charge >= 0.3 is 6.09 Å². The van der Waals surface area contributed by atoms with Crippen molar-refractivity contribution in [1.29, 1.82) is 0 Å². The number of aryl methyl sites for hydroxylation is 2. The summed E-state index contributed by atoms with van der Waals surface area (Å²) in [6, 6.07) is 17.8. The number of ether oxygens (including phenoxy) is 1. The van der Waals surface area contributed by atoms with Crippen molar-refractivity contribution >= 4 is 6.09 Å². The van der Waals surface area contributed by atoms with Gasteiger partial charge in [0, 0.05) is 56.4 Å². The van der Waals surface area contributed by atoms with E-state index in [2.05, 4.69) is 33.9 Å². The highest BCUT2D eigenvalue weighted by atomic mass is 16.6. The summed E-state index contributed by atoms with van der Waals surface area (Å²) in [5.74, 6) is 0.577. The van der Waals surface area contributed by atoms with E-state index in [0.717, 1.165) is 55.8 Å². The molecule has 1 saturated heterocycles. The number of amides is 1. The van der Waals surface area contributed by atoms with Crippen LogP contribution in [0.15, 0.2) is 67.0 Å². The number of carbonyl (C=O) groups excluding carboxylic acids is 1. The van der Waals surface area contributed by atoms with Crippen molar-refractivity contribution in [3.05, 3.63) is 89.5 Å². The molecule has 0 atom stereocenters. The molecule has 0 saturated carbocycles. The van der Waals surface area contributed by atoms with E-state index in [1.807, 2.05) is 48.7 Å². The summed E-state index contributed by atoms with van der Waals surface area (Å²) in [6.07, 6.45) is 6.27. The van der Waals surface area contributed by atoms with Crippen LogP contribution in [0.4, 0.5) is 4.79 Å². The molecule has 0 bridgehead atoms. The molecule has 1 aromatic carbocycles. The topological polar surface area (TPSA) is 58.6 Å². The van der Waals surface area contributed by atoms with E-state index in [1.165, 1.54) is 5.56 Å². The van der Waals surface area contributed by atoms with Crippen molar-refractivity contribution in [3.8, 4) is 5.75 Å². The van der Waals surface area contributed by atoms with Crippen molar-refractivity contribution in [2.45, 2.75) is 26.2 Å². The zero-order valence-electron chi connectivity index (χ0n) is 18.6. The molecule has 0 N–H and O–H groups in total. The third-order valence-corrected chi connectivity index (χ3v) is 5.75. The van der Waals surface area contributed by atoms with E-state index in [0.29, 0.717) is 18.8 Å². The first-order valence-corrected chi connectivity index (χ1v) is 11.3. The molecule has 0 spiro atoms. The summed E-state index contributed by atoms with van der Waals surface area (Å²) in [5.41, 5.74) is 4.49. The zero-order valence-corrected chi connectivity index (χ0v) is 18.6. The Morgan fingerprint density at radius 2 is 1.75 bits per heavy atom. The second-order valence-corrected chi connectivity index (χ2v) is 8.27. The number of hydrogen-bond acceptors (Lipinski definition) is 5. The lowest BCUT2D eigenvalue weighted by molar-refractivity contribution is 0.110. The third kappa shape index (κ3) is 6.37. The SMILES string of the molecule is Cc1ccc(CCCN2CCN(C(=O)Oc3ccc(Cc4ccccn4)cc3)CC2)nc1. The molecular formula is C26H30N4O2. The van der Waals surface area contributed by atoms with Crippen LogP contribution in [0, 0.1) is 6.92 Å². The fourth-order valence-corrected chi connectivity index (χ4v) is 3.84. The summed E-state index contributed by atoms with van der Waals surface area (Å²) in [4.78, 5) is 25.6. The number of carbonyl (C=O) groups is 1. The third-order valence-electron chi connectivity index (χ3n) is 5.75. The molecule has 1 aliphatic heterocycles. The maximum Gasteiger partial charge on any atom is 0.415 e. The molecule has 2 aromatic heterocycles. The highest BCUT2D eigenvalue weighted by Crippen LogP contribution is 2.16. The lowest BCUT2D eigenvalue weighted by Gasteiger charge is -2.34. The number of hydrogen-bond donors (Lipinski definition) is 0. The van der Waals surface area contributed by atoms with Gasteiger partial charge in [-0.3, -0.25) is 14.9 Å². The fraction of sp³-hybridized carbons (Fsp3) is 0.346. The number of aromatic nitrogens is 2. The van der Waals surface area contributed by atoms with Crippen LogP contribution in [0.3, 0.4) is 0 Å². The van der Waals surface area contributed by atoms with Crippen molar-refractivity contribution in [2.75, 3.05) is 32.7 Å². The van der Waals surface area contributed by atoms with Gasteiger partial charge < -0.3 is 9.64 Å². The summed E-state index contributed by atoms with van der Waals surface area (Å²) >= 11 is 0. The highest BCUT2D eigenvalue weighted by Gasteiger charge is 2.22. The van der Waals surface area contributed by atoms with Crippen molar-refractivity contribution in [3.63, 3.8) is 0 Å². The lowest BCUT2D eigenvalue weighted by Crippen LogP contribution is -2.49. The van der Waals surface area contributed by atoms with E-state index < -0.39 is 0 Å².